The Morgan fingerprint density at radius 1 is 1.24 bits per heavy atom. The van der Waals surface area contributed by atoms with Crippen LogP contribution >= 0.6 is 0 Å². The van der Waals surface area contributed by atoms with Gasteiger partial charge in [0.05, 0.1) is 0 Å². The molecule has 0 aromatic carbocycles. The average Bonchev–Trinajstić information content (AvgIpc) is 2.19. The molecule has 0 aliphatic carbocycles. The van der Waals surface area contributed by atoms with E-state index in [0.717, 1.165) is 18.4 Å². The third-order valence-corrected chi connectivity index (χ3v) is 4.08. The molecule has 17 heavy (non-hydrogen) atoms. The Morgan fingerprint density at radius 3 is 2.41 bits per heavy atom. The van der Waals surface area contributed by atoms with Gasteiger partial charge in [0.1, 0.15) is 0 Å². The van der Waals surface area contributed by atoms with Crippen molar-refractivity contribution < 1.29 is 0 Å². The van der Waals surface area contributed by atoms with Crippen LogP contribution in [0.5, 0.6) is 0 Å². The summed E-state index contributed by atoms with van der Waals surface area (Å²) in [5.74, 6) is 1.57. The predicted molar refractivity (Wildman–Crippen MR) is 76.4 cm³/mol. The van der Waals surface area contributed by atoms with Crippen molar-refractivity contribution in [3.63, 3.8) is 0 Å². The van der Waals surface area contributed by atoms with Crippen LogP contribution in [0.3, 0.4) is 0 Å². The maximum Gasteiger partial charge on any atom is 0.0278 e. The van der Waals surface area contributed by atoms with E-state index in [1.807, 2.05) is 0 Å². The van der Waals surface area contributed by atoms with Gasteiger partial charge in [-0.25, -0.2) is 0 Å². The topological polar surface area (TPSA) is 15.3 Å². The summed E-state index contributed by atoms with van der Waals surface area (Å²) < 4.78 is 0. The van der Waals surface area contributed by atoms with E-state index in [1.54, 1.807) is 0 Å². The molecule has 2 heteroatoms. The summed E-state index contributed by atoms with van der Waals surface area (Å²) >= 11 is 0. The van der Waals surface area contributed by atoms with Gasteiger partial charge in [0.25, 0.3) is 0 Å². The lowest BCUT2D eigenvalue weighted by Gasteiger charge is -2.47. The first-order valence-electron chi connectivity index (χ1n) is 7.31. The Morgan fingerprint density at radius 2 is 1.88 bits per heavy atom. The summed E-state index contributed by atoms with van der Waals surface area (Å²) in [5, 5.41) is 3.70. The van der Waals surface area contributed by atoms with Crippen LogP contribution in [0.4, 0.5) is 0 Å². The van der Waals surface area contributed by atoms with Gasteiger partial charge in [-0.3, -0.25) is 4.90 Å². The first-order chi connectivity index (χ1) is 7.83. The number of rotatable bonds is 5. The lowest BCUT2D eigenvalue weighted by Crippen LogP contribution is -2.63. The molecule has 0 amide bonds. The van der Waals surface area contributed by atoms with E-state index in [2.05, 4.69) is 51.8 Å². The number of nitrogens with zero attached hydrogens (tertiary/aromatic N) is 1. The molecule has 0 radical (unpaired) electrons. The maximum atomic E-state index is 3.70. The first-order valence-corrected chi connectivity index (χ1v) is 7.31. The molecular weight excluding hydrogens is 208 g/mol. The number of hydrogen-bond donors (Lipinski definition) is 1. The van der Waals surface area contributed by atoms with Gasteiger partial charge in [-0.2, -0.15) is 0 Å². The molecule has 102 valence electrons. The van der Waals surface area contributed by atoms with Crippen molar-refractivity contribution in [2.75, 3.05) is 19.6 Å². The van der Waals surface area contributed by atoms with Crippen molar-refractivity contribution in [1.82, 2.24) is 10.2 Å². The van der Waals surface area contributed by atoms with E-state index < -0.39 is 0 Å². The SMILES string of the molecule is CC(C)CCCN1CC(C(C)C)NCC1(C)C. The van der Waals surface area contributed by atoms with E-state index in [1.165, 1.54) is 25.9 Å². The van der Waals surface area contributed by atoms with Gasteiger partial charge in [0.2, 0.25) is 0 Å². The van der Waals surface area contributed by atoms with Crippen LogP contribution in [0, 0.1) is 11.8 Å². The van der Waals surface area contributed by atoms with E-state index in [4.69, 9.17) is 0 Å². The van der Waals surface area contributed by atoms with Gasteiger partial charge in [-0.05, 0) is 45.1 Å². The van der Waals surface area contributed by atoms with Gasteiger partial charge in [-0.15, -0.1) is 0 Å². The monoisotopic (exact) mass is 240 g/mol. The molecule has 0 spiro atoms. The van der Waals surface area contributed by atoms with Crippen molar-refractivity contribution in [2.24, 2.45) is 11.8 Å². The number of hydrogen-bond acceptors (Lipinski definition) is 2. The Balaban J connectivity index is 2.46. The molecule has 0 bridgehead atoms. The molecule has 2 nitrogen and oxygen atoms in total. The summed E-state index contributed by atoms with van der Waals surface area (Å²) in [7, 11) is 0. The molecule has 0 aromatic rings. The highest BCUT2D eigenvalue weighted by Gasteiger charge is 2.34. The molecule has 1 fully saturated rings. The van der Waals surface area contributed by atoms with Crippen LogP contribution in [0.1, 0.15) is 54.4 Å². The summed E-state index contributed by atoms with van der Waals surface area (Å²) in [4.78, 5) is 2.69. The van der Waals surface area contributed by atoms with Crippen LogP contribution in [0.2, 0.25) is 0 Å². The third-order valence-electron chi connectivity index (χ3n) is 4.08. The quantitative estimate of drug-likeness (QED) is 0.794. The van der Waals surface area contributed by atoms with Crippen LogP contribution < -0.4 is 5.32 Å². The van der Waals surface area contributed by atoms with E-state index in [9.17, 15) is 0 Å². The van der Waals surface area contributed by atoms with Crippen molar-refractivity contribution >= 4 is 0 Å². The van der Waals surface area contributed by atoms with Crippen molar-refractivity contribution in [1.29, 1.82) is 0 Å². The number of nitrogens with one attached hydrogen (secondary N) is 1. The molecular formula is C15H32N2. The highest BCUT2D eigenvalue weighted by Crippen LogP contribution is 2.22. The normalized spacial score (nSPS) is 25.8. The van der Waals surface area contributed by atoms with E-state index in [-0.39, 0.29) is 0 Å². The summed E-state index contributed by atoms with van der Waals surface area (Å²) in [6.07, 6.45) is 2.69. The van der Waals surface area contributed by atoms with Crippen LogP contribution in [0.15, 0.2) is 0 Å². The standard InChI is InChI=1S/C15H32N2/c1-12(2)8-7-9-17-10-14(13(3)4)16-11-15(17,5)6/h12-14,16H,7-11H2,1-6H3. The van der Waals surface area contributed by atoms with Crippen LogP contribution in [-0.4, -0.2) is 36.1 Å². The van der Waals surface area contributed by atoms with Crippen LogP contribution in [-0.2, 0) is 0 Å². The molecule has 1 aliphatic heterocycles. The van der Waals surface area contributed by atoms with E-state index in [0.29, 0.717) is 11.6 Å². The Bertz CT molecular complexity index is 221. The van der Waals surface area contributed by atoms with E-state index >= 15 is 0 Å². The molecule has 0 saturated carbocycles. The van der Waals surface area contributed by atoms with Gasteiger partial charge >= 0.3 is 0 Å². The van der Waals surface area contributed by atoms with Crippen molar-refractivity contribution in [3.8, 4) is 0 Å². The lowest BCUT2D eigenvalue weighted by atomic mass is 9.92. The second-order valence-electron chi connectivity index (χ2n) is 7.03. The second kappa shape index (κ2) is 6.19. The average molecular weight is 240 g/mol. The Hall–Kier alpha value is -0.0800. The van der Waals surface area contributed by atoms with Crippen molar-refractivity contribution in [3.05, 3.63) is 0 Å². The highest BCUT2D eigenvalue weighted by molar-refractivity contribution is 4.93. The largest absolute Gasteiger partial charge is 0.311 e. The zero-order chi connectivity index (χ0) is 13.1. The molecule has 1 atom stereocenters. The molecule has 1 unspecified atom stereocenters. The third kappa shape index (κ3) is 4.59. The summed E-state index contributed by atoms with van der Waals surface area (Å²) in [6.45, 7) is 17.6. The fourth-order valence-electron chi connectivity index (χ4n) is 2.57. The van der Waals surface area contributed by atoms with Gasteiger partial charge in [0, 0.05) is 24.7 Å². The maximum absolute atomic E-state index is 3.70. The summed E-state index contributed by atoms with van der Waals surface area (Å²) in [6, 6.07) is 0.669. The van der Waals surface area contributed by atoms with Gasteiger partial charge in [0.15, 0.2) is 0 Å². The second-order valence-corrected chi connectivity index (χ2v) is 7.03. The zero-order valence-electron chi connectivity index (χ0n) is 12.7. The molecule has 0 aromatic heterocycles. The number of piperazine rings is 1. The molecule has 1 saturated heterocycles. The predicted octanol–water partition coefficient (Wildman–Crippen LogP) is 3.13. The van der Waals surface area contributed by atoms with Gasteiger partial charge in [-0.1, -0.05) is 27.7 Å². The molecule has 1 heterocycles. The summed E-state index contributed by atoms with van der Waals surface area (Å²) in [5.41, 5.74) is 0.322. The zero-order valence-corrected chi connectivity index (χ0v) is 12.7. The van der Waals surface area contributed by atoms with Crippen molar-refractivity contribution in [2.45, 2.75) is 66.0 Å². The molecule has 1 rings (SSSR count). The van der Waals surface area contributed by atoms with Gasteiger partial charge < -0.3 is 5.32 Å². The minimum Gasteiger partial charge on any atom is -0.311 e. The Kier molecular flexibility index (Phi) is 5.46. The fraction of sp³-hybridized carbons (Fsp3) is 1.00. The molecule has 1 aliphatic rings. The fourth-order valence-corrected chi connectivity index (χ4v) is 2.57. The smallest absolute Gasteiger partial charge is 0.0278 e. The minimum atomic E-state index is 0.322. The lowest BCUT2D eigenvalue weighted by molar-refractivity contribution is 0.0524. The van der Waals surface area contributed by atoms with Crippen LogP contribution in [0.25, 0.3) is 0 Å². The minimum absolute atomic E-state index is 0.322. The first kappa shape index (κ1) is 15.0. The molecule has 1 N–H and O–H groups in total. The highest BCUT2D eigenvalue weighted by atomic mass is 15.3. The Labute approximate surface area is 108 Å².